The van der Waals surface area contributed by atoms with Crippen LogP contribution in [0.25, 0.3) is 0 Å². The van der Waals surface area contributed by atoms with Crippen molar-refractivity contribution in [1.82, 2.24) is 19.7 Å². The second-order valence-corrected chi connectivity index (χ2v) is 6.84. The number of aromatic nitrogens is 3. The first-order valence-electron chi connectivity index (χ1n) is 8.34. The monoisotopic (exact) mass is 346 g/mol. The number of likely N-dealkylation sites (tertiary alicyclic amines) is 1. The summed E-state index contributed by atoms with van der Waals surface area (Å²) in [4.78, 5) is 14.4. The molecular formula is C17H19ClN4O2. The van der Waals surface area contributed by atoms with Gasteiger partial charge < -0.3 is 14.6 Å². The number of nitrogens with zero attached hydrogens (tertiary/aromatic N) is 4. The Morgan fingerprint density at radius 2 is 2.00 bits per heavy atom. The molecule has 0 atom stereocenters. The highest BCUT2D eigenvalue weighted by Crippen LogP contribution is 2.32. The Morgan fingerprint density at radius 3 is 2.75 bits per heavy atom. The Bertz CT molecular complexity index is 761. The van der Waals surface area contributed by atoms with Crippen LogP contribution in [0.5, 0.6) is 5.75 Å². The number of fused-ring (bicyclic) bond motifs is 1. The summed E-state index contributed by atoms with van der Waals surface area (Å²) >= 11 is 6.09. The van der Waals surface area contributed by atoms with Gasteiger partial charge in [-0.1, -0.05) is 17.7 Å². The molecule has 1 N–H and O–H groups in total. The van der Waals surface area contributed by atoms with Crippen LogP contribution in [-0.2, 0) is 13.0 Å². The highest BCUT2D eigenvalue weighted by Gasteiger charge is 2.30. The molecule has 0 spiro atoms. The maximum Gasteiger partial charge on any atom is 0.259 e. The fraction of sp³-hybridized carbons (Fsp3) is 0.471. The number of rotatable bonds is 2. The van der Waals surface area contributed by atoms with Gasteiger partial charge in [-0.05, 0) is 31.4 Å². The van der Waals surface area contributed by atoms with Gasteiger partial charge in [-0.15, -0.1) is 10.2 Å². The zero-order chi connectivity index (χ0) is 16.7. The Morgan fingerprint density at radius 1 is 1.21 bits per heavy atom. The molecule has 6 nitrogen and oxygen atoms in total. The molecule has 2 aromatic rings. The summed E-state index contributed by atoms with van der Waals surface area (Å²) in [6, 6.07) is 4.75. The van der Waals surface area contributed by atoms with Crippen molar-refractivity contribution < 1.29 is 9.90 Å². The standard InChI is InChI=1S/C17H19ClN4O2/c18-12-3-1-4-13(23)15(12)17(24)21-9-6-11(7-10-21)16-20-19-14-5-2-8-22(14)16/h1,3-4,11,23H,2,5-10H2. The number of halogens is 1. The van der Waals surface area contributed by atoms with Crippen molar-refractivity contribution in [1.29, 1.82) is 0 Å². The van der Waals surface area contributed by atoms with Gasteiger partial charge in [-0.2, -0.15) is 0 Å². The van der Waals surface area contributed by atoms with Crippen LogP contribution in [0.1, 0.15) is 47.2 Å². The molecule has 24 heavy (non-hydrogen) atoms. The number of carbonyl (C=O) groups excluding carboxylic acids is 1. The topological polar surface area (TPSA) is 71.2 Å². The third-order valence-corrected chi connectivity index (χ3v) is 5.31. The van der Waals surface area contributed by atoms with E-state index in [9.17, 15) is 9.90 Å². The van der Waals surface area contributed by atoms with Crippen molar-refractivity contribution in [2.75, 3.05) is 13.1 Å². The molecule has 4 rings (SSSR count). The van der Waals surface area contributed by atoms with Crippen molar-refractivity contribution >= 4 is 17.5 Å². The number of aryl methyl sites for hydroxylation is 1. The van der Waals surface area contributed by atoms with E-state index in [-0.39, 0.29) is 22.2 Å². The normalized spacial score (nSPS) is 18.0. The molecule has 1 aromatic carbocycles. The largest absolute Gasteiger partial charge is 0.507 e. The predicted molar refractivity (Wildman–Crippen MR) is 89.3 cm³/mol. The Hall–Kier alpha value is -2.08. The first-order valence-corrected chi connectivity index (χ1v) is 8.71. The lowest BCUT2D eigenvalue weighted by Crippen LogP contribution is -2.38. The van der Waals surface area contributed by atoms with Crippen LogP contribution in [-0.4, -0.2) is 43.8 Å². The average Bonchev–Trinajstić information content (AvgIpc) is 3.18. The molecule has 1 fully saturated rings. The van der Waals surface area contributed by atoms with Gasteiger partial charge in [0.2, 0.25) is 0 Å². The highest BCUT2D eigenvalue weighted by atomic mass is 35.5. The average molecular weight is 347 g/mol. The minimum atomic E-state index is -0.206. The maximum absolute atomic E-state index is 12.7. The number of piperidine rings is 1. The van der Waals surface area contributed by atoms with Crippen LogP contribution in [0.3, 0.4) is 0 Å². The summed E-state index contributed by atoms with van der Waals surface area (Å²) in [5.41, 5.74) is 0.195. The van der Waals surface area contributed by atoms with Crippen molar-refractivity contribution in [3.05, 3.63) is 40.4 Å². The molecule has 7 heteroatoms. The molecule has 0 bridgehead atoms. The van der Waals surface area contributed by atoms with Gasteiger partial charge in [0, 0.05) is 32.0 Å². The molecule has 1 amide bonds. The van der Waals surface area contributed by atoms with E-state index in [2.05, 4.69) is 14.8 Å². The zero-order valence-electron chi connectivity index (χ0n) is 13.3. The second kappa shape index (κ2) is 6.09. The van der Waals surface area contributed by atoms with E-state index in [1.165, 1.54) is 6.07 Å². The summed E-state index contributed by atoms with van der Waals surface area (Å²) in [6.07, 6.45) is 3.86. The molecule has 0 saturated carbocycles. The van der Waals surface area contributed by atoms with E-state index in [0.717, 1.165) is 43.9 Å². The third kappa shape index (κ3) is 2.55. The minimum absolute atomic E-state index is 0.0649. The van der Waals surface area contributed by atoms with Crippen molar-refractivity contribution in [3.63, 3.8) is 0 Å². The summed E-state index contributed by atoms with van der Waals surface area (Å²) in [5.74, 6) is 2.22. The summed E-state index contributed by atoms with van der Waals surface area (Å²) in [5, 5.41) is 18.9. The fourth-order valence-corrected chi connectivity index (χ4v) is 3.95. The molecule has 3 heterocycles. The smallest absolute Gasteiger partial charge is 0.259 e. The minimum Gasteiger partial charge on any atom is -0.507 e. The van der Waals surface area contributed by atoms with Gasteiger partial charge in [0.15, 0.2) is 0 Å². The number of phenols is 1. The van der Waals surface area contributed by atoms with Crippen LogP contribution < -0.4 is 0 Å². The van der Waals surface area contributed by atoms with Crippen molar-refractivity contribution in [3.8, 4) is 5.75 Å². The molecule has 2 aliphatic rings. The molecule has 0 aliphatic carbocycles. The summed E-state index contributed by atoms with van der Waals surface area (Å²) < 4.78 is 2.24. The Labute approximate surface area is 145 Å². The fourth-order valence-electron chi connectivity index (χ4n) is 3.70. The van der Waals surface area contributed by atoms with E-state index < -0.39 is 0 Å². The number of carbonyl (C=O) groups is 1. The first kappa shape index (κ1) is 15.4. The van der Waals surface area contributed by atoms with Gasteiger partial charge in [0.05, 0.1) is 10.6 Å². The lowest BCUT2D eigenvalue weighted by atomic mass is 9.95. The molecule has 1 aromatic heterocycles. The van der Waals surface area contributed by atoms with Crippen LogP contribution in [0, 0.1) is 0 Å². The van der Waals surface area contributed by atoms with Gasteiger partial charge in [0.1, 0.15) is 17.4 Å². The SMILES string of the molecule is O=C(c1c(O)cccc1Cl)N1CCC(c2nnc3n2CCC3)CC1. The lowest BCUT2D eigenvalue weighted by Gasteiger charge is -2.32. The van der Waals surface area contributed by atoms with Crippen molar-refractivity contribution in [2.24, 2.45) is 0 Å². The molecule has 0 unspecified atom stereocenters. The molecule has 126 valence electrons. The Balaban J connectivity index is 1.47. The molecular weight excluding hydrogens is 328 g/mol. The van der Waals surface area contributed by atoms with Gasteiger partial charge in [-0.25, -0.2) is 0 Å². The summed E-state index contributed by atoms with van der Waals surface area (Å²) in [6.45, 7) is 2.27. The van der Waals surface area contributed by atoms with Crippen LogP contribution in [0.2, 0.25) is 5.02 Å². The van der Waals surface area contributed by atoms with E-state index in [1.54, 1.807) is 17.0 Å². The lowest BCUT2D eigenvalue weighted by molar-refractivity contribution is 0.0707. The number of hydrogen-bond donors (Lipinski definition) is 1. The van der Waals surface area contributed by atoms with E-state index in [0.29, 0.717) is 19.0 Å². The summed E-state index contributed by atoms with van der Waals surface area (Å²) in [7, 11) is 0. The third-order valence-electron chi connectivity index (χ3n) is 4.99. The number of aromatic hydroxyl groups is 1. The number of phenolic OH excluding ortho intramolecular Hbond substituents is 1. The van der Waals surface area contributed by atoms with E-state index >= 15 is 0 Å². The predicted octanol–water partition coefficient (Wildman–Crippen LogP) is 2.60. The van der Waals surface area contributed by atoms with E-state index in [1.807, 2.05) is 0 Å². The van der Waals surface area contributed by atoms with Gasteiger partial charge >= 0.3 is 0 Å². The quantitative estimate of drug-likeness (QED) is 0.907. The number of amides is 1. The molecule has 1 saturated heterocycles. The second-order valence-electron chi connectivity index (χ2n) is 6.43. The Kier molecular flexibility index (Phi) is 3.92. The zero-order valence-corrected chi connectivity index (χ0v) is 14.0. The maximum atomic E-state index is 12.7. The van der Waals surface area contributed by atoms with E-state index in [4.69, 9.17) is 11.6 Å². The van der Waals surface area contributed by atoms with Crippen LogP contribution >= 0.6 is 11.6 Å². The van der Waals surface area contributed by atoms with Gasteiger partial charge in [0.25, 0.3) is 5.91 Å². The molecule has 2 aliphatic heterocycles. The number of hydrogen-bond acceptors (Lipinski definition) is 4. The molecule has 0 radical (unpaired) electrons. The number of benzene rings is 1. The first-order chi connectivity index (χ1) is 11.6. The van der Waals surface area contributed by atoms with Crippen LogP contribution in [0.15, 0.2) is 18.2 Å². The van der Waals surface area contributed by atoms with Crippen LogP contribution in [0.4, 0.5) is 0 Å². The van der Waals surface area contributed by atoms with Crippen molar-refractivity contribution in [2.45, 2.75) is 38.1 Å². The highest BCUT2D eigenvalue weighted by molar-refractivity contribution is 6.34. The van der Waals surface area contributed by atoms with Gasteiger partial charge in [-0.3, -0.25) is 4.79 Å².